The summed E-state index contributed by atoms with van der Waals surface area (Å²) in [6.45, 7) is 10.9. The minimum atomic E-state index is -0.359. The summed E-state index contributed by atoms with van der Waals surface area (Å²) < 4.78 is 0. The van der Waals surface area contributed by atoms with E-state index in [1.165, 1.54) is 18.9 Å². The number of benzene rings is 3. The summed E-state index contributed by atoms with van der Waals surface area (Å²) in [5, 5.41) is 7.81. The molecule has 0 saturated carbocycles. The van der Waals surface area contributed by atoms with Crippen molar-refractivity contribution in [2.45, 2.75) is 94.5 Å². The summed E-state index contributed by atoms with van der Waals surface area (Å²) in [5.74, 6) is -0.385. The van der Waals surface area contributed by atoms with Crippen LogP contribution in [0.3, 0.4) is 0 Å². The van der Waals surface area contributed by atoms with Crippen LogP contribution < -0.4 is 16.4 Å². The standard InChI is InChI=1S/C31H43N3O3S.C11H9NO.CH5N/c1-23(17-20-35)29(36)32-25(21-24-11-7-5-8-12-24)15-18-34-19-16-27(38-26-13-9-6-10-14-26)22-28(34)30(37)33-31(2,3)4;1-8(13)10-7-6-9-4-2-3-5-11(9)12-10;1-2/h5-14,20,23,25,27-28H,15-19,21-22H2,1-4H3,(H,32,36)(H,33,37);2-7H,1H3;2H2,1H3/t23?,25-,27?,28?;;/m1../s1. The zero-order valence-electron chi connectivity index (χ0n) is 32.1. The molecule has 1 aromatic heterocycles. The molecular formula is C43H57N5O4S. The first kappa shape index (κ1) is 43.0. The molecule has 3 aromatic carbocycles. The fraction of sp³-hybridized carbons (Fsp3) is 0.419. The number of fused-ring (bicyclic) bond motifs is 1. The van der Waals surface area contributed by atoms with Crippen molar-refractivity contribution in [1.82, 2.24) is 20.5 Å². The van der Waals surface area contributed by atoms with E-state index < -0.39 is 0 Å². The van der Waals surface area contributed by atoms with Crippen LogP contribution in [0.4, 0.5) is 0 Å². The van der Waals surface area contributed by atoms with Crippen molar-refractivity contribution in [3.63, 3.8) is 0 Å². The molecule has 4 N–H and O–H groups in total. The number of piperidine rings is 1. The van der Waals surface area contributed by atoms with Crippen LogP contribution in [-0.4, -0.2) is 76.8 Å². The molecule has 9 nitrogen and oxygen atoms in total. The van der Waals surface area contributed by atoms with Crippen molar-refractivity contribution in [2.75, 3.05) is 20.1 Å². The molecule has 5 rings (SSSR count). The second-order valence-electron chi connectivity index (χ2n) is 14.3. The van der Waals surface area contributed by atoms with Gasteiger partial charge in [0.15, 0.2) is 5.78 Å². The number of nitrogens with two attached hydrogens (primary N) is 1. The Labute approximate surface area is 319 Å². The van der Waals surface area contributed by atoms with Crippen LogP contribution in [0.15, 0.2) is 102 Å². The van der Waals surface area contributed by atoms with Crippen LogP contribution >= 0.6 is 11.8 Å². The number of aromatic nitrogens is 1. The SMILES string of the molecule is CC(=O)c1ccc2ccccc2n1.CC(CC=O)C(=O)N[C@H](CCN1CCC(Sc2ccccc2)CC1C(=O)NC(C)(C)C)Cc1ccccc1.CN. The molecule has 53 heavy (non-hydrogen) atoms. The normalized spacial score (nSPS) is 16.8. The van der Waals surface area contributed by atoms with Crippen molar-refractivity contribution in [3.05, 3.63) is 108 Å². The van der Waals surface area contributed by atoms with Crippen molar-refractivity contribution < 1.29 is 19.2 Å². The van der Waals surface area contributed by atoms with Crippen LogP contribution in [0.5, 0.6) is 0 Å². The number of amides is 2. The van der Waals surface area contributed by atoms with E-state index in [1.807, 2.05) is 87.1 Å². The predicted molar refractivity (Wildman–Crippen MR) is 217 cm³/mol. The smallest absolute Gasteiger partial charge is 0.237 e. The van der Waals surface area contributed by atoms with Gasteiger partial charge in [-0.1, -0.05) is 79.7 Å². The molecule has 1 saturated heterocycles. The van der Waals surface area contributed by atoms with Crippen molar-refractivity contribution >= 4 is 46.5 Å². The van der Waals surface area contributed by atoms with E-state index in [-0.39, 0.29) is 47.6 Å². The minimum Gasteiger partial charge on any atom is -0.353 e. The summed E-state index contributed by atoms with van der Waals surface area (Å²) in [4.78, 5) is 55.9. The Balaban J connectivity index is 0.000000417. The third-order valence-corrected chi connectivity index (χ3v) is 10.1. The van der Waals surface area contributed by atoms with Crippen molar-refractivity contribution in [3.8, 4) is 0 Å². The number of nitrogens with one attached hydrogen (secondary N) is 2. The topological polar surface area (TPSA) is 134 Å². The summed E-state index contributed by atoms with van der Waals surface area (Å²) >= 11 is 1.86. The fourth-order valence-electron chi connectivity index (χ4n) is 6.08. The third-order valence-electron chi connectivity index (χ3n) is 8.80. The van der Waals surface area contributed by atoms with E-state index in [2.05, 4.69) is 62.6 Å². The first-order chi connectivity index (χ1) is 25.4. The maximum absolute atomic E-state index is 13.4. The lowest BCUT2D eigenvalue weighted by atomic mass is 9.97. The molecule has 0 bridgehead atoms. The van der Waals surface area contributed by atoms with Gasteiger partial charge in [0, 0.05) is 52.9 Å². The predicted octanol–water partition coefficient (Wildman–Crippen LogP) is 6.88. The molecular weight excluding hydrogens is 683 g/mol. The number of hydrogen-bond acceptors (Lipinski definition) is 8. The largest absolute Gasteiger partial charge is 0.353 e. The van der Waals surface area contributed by atoms with Gasteiger partial charge in [-0.25, -0.2) is 4.98 Å². The van der Waals surface area contributed by atoms with E-state index in [9.17, 15) is 19.2 Å². The number of pyridine rings is 1. The maximum atomic E-state index is 13.4. The molecule has 2 heterocycles. The number of carbonyl (C=O) groups is 4. The first-order valence-electron chi connectivity index (χ1n) is 18.4. The average Bonchev–Trinajstić information content (AvgIpc) is 3.15. The summed E-state index contributed by atoms with van der Waals surface area (Å²) in [5.41, 5.74) is 6.75. The Morgan fingerprint density at radius 2 is 1.58 bits per heavy atom. The van der Waals surface area contributed by atoms with E-state index in [0.717, 1.165) is 48.6 Å². The third kappa shape index (κ3) is 14.9. The minimum absolute atomic E-state index is 0.00533. The summed E-state index contributed by atoms with van der Waals surface area (Å²) in [6, 6.07) is 31.7. The number of para-hydroxylation sites is 1. The highest BCUT2D eigenvalue weighted by Crippen LogP contribution is 2.33. The quantitative estimate of drug-likeness (QED) is 0.0999. The fourth-order valence-corrected chi connectivity index (χ4v) is 7.28. The van der Waals surface area contributed by atoms with E-state index in [4.69, 9.17) is 0 Å². The molecule has 284 valence electrons. The molecule has 0 radical (unpaired) electrons. The molecule has 3 unspecified atom stereocenters. The average molecular weight is 740 g/mol. The number of carbonyl (C=O) groups excluding carboxylic acids is 4. The van der Waals surface area contributed by atoms with E-state index in [0.29, 0.717) is 23.9 Å². The molecule has 2 amide bonds. The van der Waals surface area contributed by atoms with Gasteiger partial charge in [0.1, 0.15) is 12.0 Å². The highest BCUT2D eigenvalue weighted by atomic mass is 32.2. The van der Waals surface area contributed by atoms with Crippen LogP contribution in [0.1, 0.15) is 76.4 Å². The molecule has 1 fully saturated rings. The number of rotatable bonds is 13. The lowest BCUT2D eigenvalue weighted by Gasteiger charge is -2.40. The number of Topliss-reactive ketones (excluding diaryl/α,β-unsaturated/α-hetero) is 1. The van der Waals surface area contributed by atoms with Crippen LogP contribution in [0, 0.1) is 5.92 Å². The highest BCUT2D eigenvalue weighted by Gasteiger charge is 2.35. The van der Waals surface area contributed by atoms with Gasteiger partial charge in [0.05, 0.1) is 11.6 Å². The van der Waals surface area contributed by atoms with Gasteiger partial charge in [-0.3, -0.25) is 19.3 Å². The van der Waals surface area contributed by atoms with Crippen LogP contribution in [0.25, 0.3) is 10.9 Å². The van der Waals surface area contributed by atoms with Gasteiger partial charge in [-0.15, -0.1) is 11.8 Å². The van der Waals surface area contributed by atoms with Crippen molar-refractivity contribution in [2.24, 2.45) is 11.7 Å². The molecule has 0 spiro atoms. The van der Waals surface area contributed by atoms with Gasteiger partial charge in [-0.05, 0) is 89.9 Å². The number of hydrogen-bond donors (Lipinski definition) is 3. The second kappa shape index (κ2) is 22.0. The highest BCUT2D eigenvalue weighted by molar-refractivity contribution is 8.00. The molecule has 4 atom stereocenters. The van der Waals surface area contributed by atoms with Gasteiger partial charge < -0.3 is 21.2 Å². The van der Waals surface area contributed by atoms with Crippen molar-refractivity contribution in [1.29, 1.82) is 0 Å². The lowest BCUT2D eigenvalue weighted by molar-refractivity contribution is -0.129. The Hall–Kier alpha value is -4.38. The second-order valence-corrected chi connectivity index (χ2v) is 15.7. The Morgan fingerprint density at radius 1 is 0.943 bits per heavy atom. The lowest BCUT2D eigenvalue weighted by Crippen LogP contribution is -2.56. The maximum Gasteiger partial charge on any atom is 0.237 e. The van der Waals surface area contributed by atoms with Gasteiger partial charge in [-0.2, -0.15) is 0 Å². The molecule has 0 aliphatic carbocycles. The zero-order chi connectivity index (χ0) is 38.8. The number of nitrogens with zero attached hydrogens (tertiary/aromatic N) is 2. The van der Waals surface area contributed by atoms with Gasteiger partial charge in [0.25, 0.3) is 0 Å². The molecule has 4 aromatic rings. The monoisotopic (exact) mass is 739 g/mol. The Morgan fingerprint density at radius 3 is 2.23 bits per heavy atom. The van der Waals surface area contributed by atoms with Gasteiger partial charge >= 0.3 is 0 Å². The first-order valence-corrected chi connectivity index (χ1v) is 19.3. The van der Waals surface area contributed by atoms with Crippen LogP contribution in [-0.2, 0) is 20.8 Å². The molecule has 1 aliphatic heterocycles. The van der Waals surface area contributed by atoms with Crippen LogP contribution in [0.2, 0.25) is 0 Å². The number of aldehydes is 1. The Kier molecular flexibility index (Phi) is 17.8. The molecule has 10 heteroatoms. The summed E-state index contributed by atoms with van der Waals surface area (Å²) in [6.07, 6.45) is 4.24. The van der Waals surface area contributed by atoms with E-state index in [1.54, 1.807) is 13.0 Å². The zero-order valence-corrected chi connectivity index (χ0v) is 32.9. The summed E-state index contributed by atoms with van der Waals surface area (Å²) in [7, 11) is 1.50. The Bertz CT molecular complexity index is 1730. The number of ketones is 1. The number of likely N-dealkylation sites (tertiary alicyclic amines) is 1. The van der Waals surface area contributed by atoms with Gasteiger partial charge in [0.2, 0.25) is 11.8 Å². The molecule has 1 aliphatic rings. The van der Waals surface area contributed by atoms with E-state index >= 15 is 0 Å². The number of thioether (sulfide) groups is 1.